The third-order valence-electron chi connectivity index (χ3n) is 3.23. The summed E-state index contributed by atoms with van der Waals surface area (Å²) in [7, 11) is 1.81. The summed E-state index contributed by atoms with van der Waals surface area (Å²) < 4.78 is 1.65. The van der Waals surface area contributed by atoms with Crippen LogP contribution in [0.15, 0.2) is 6.20 Å². The molecule has 6 nitrogen and oxygen atoms in total. The van der Waals surface area contributed by atoms with Crippen molar-refractivity contribution in [1.29, 1.82) is 0 Å². The zero-order valence-corrected chi connectivity index (χ0v) is 10.3. The molecule has 2 N–H and O–H groups in total. The standard InChI is InChI=1S/C11H19N5O/c1-3-4-8(12)9-7-16(14-13-9)10-5-6-15(2)11(10)17/h7-8,10H,3-6,12H2,1-2H3. The molecule has 1 saturated heterocycles. The fourth-order valence-electron chi connectivity index (χ4n) is 2.12. The lowest BCUT2D eigenvalue weighted by molar-refractivity contribution is -0.129. The predicted octanol–water partition coefficient (Wildman–Crippen LogP) is 0.481. The van der Waals surface area contributed by atoms with Gasteiger partial charge in [-0.3, -0.25) is 4.79 Å². The minimum absolute atomic E-state index is 0.0806. The molecule has 0 saturated carbocycles. The fourth-order valence-corrected chi connectivity index (χ4v) is 2.12. The van der Waals surface area contributed by atoms with Crippen LogP contribution >= 0.6 is 0 Å². The van der Waals surface area contributed by atoms with Gasteiger partial charge in [-0.2, -0.15) is 0 Å². The molecule has 6 heteroatoms. The number of nitrogens with zero attached hydrogens (tertiary/aromatic N) is 4. The topological polar surface area (TPSA) is 77.0 Å². The Labute approximate surface area is 101 Å². The Bertz CT molecular complexity index is 402. The lowest BCUT2D eigenvalue weighted by Crippen LogP contribution is -2.24. The molecule has 0 spiro atoms. The van der Waals surface area contributed by atoms with Gasteiger partial charge < -0.3 is 10.6 Å². The first-order chi connectivity index (χ1) is 8.13. The molecule has 0 aromatic carbocycles. The molecule has 1 aromatic heterocycles. The summed E-state index contributed by atoms with van der Waals surface area (Å²) in [5.41, 5.74) is 6.74. The molecule has 94 valence electrons. The summed E-state index contributed by atoms with van der Waals surface area (Å²) in [6.07, 6.45) is 4.50. The first kappa shape index (κ1) is 12.0. The maximum Gasteiger partial charge on any atom is 0.247 e. The van der Waals surface area contributed by atoms with Crippen LogP contribution in [0.3, 0.4) is 0 Å². The van der Waals surface area contributed by atoms with Crippen molar-refractivity contribution in [3.05, 3.63) is 11.9 Å². The van der Waals surface area contributed by atoms with Crippen LogP contribution in [0, 0.1) is 0 Å². The van der Waals surface area contributed by atoms with Crippen LogP contribution in [0.4, 0.5) is 0 Å². The Morgan fingerprint density at radius 3 is 3.00 bits per heavy atom. The van der Waals surface area contributed by atoms with Crippen LogP contribution in [-0.2, 0) is 4.79 Å². The highest BCUT2D eigenvalue weighted by atomic mass is 16.2. The maximum atomic E-state index is 11.8. The van der Waals surface area contributed by atoms with Gasteiger partial charge in [0.2, 0.25) is 5.91 Å². The number of nitrogens with two attached hydrogens (primary N) is 1. The summed E-state index contributed by atoms with van der Waals surface area (Å²) in [6.45, 7) is 2.86. The van der Waals surface area contributed by atoms with Crippen LogP contribution in [0.1, 0.15) is 44.0 Å². The van der Waals surface area contributed by atoms with E-state index in [1.165, 1.54) is 0 Å². The fraction of sp³-hybridized carbons (Fsp3) is 0.727. The molecule has 0 aliphatic carbocycles. The molecule has 2 unspecified atom stereocenters. The van der Waals surface area contributed by atoms with E-state index in [0.29, 0.717) is 0 Å². The Kier molecular flexibility index (Phi) is 3.42. The van der Waals surface area contributed by atoms with Crippen LogP contribution in [0.5, 0.6) is 0 Å². The largest absolute Gasteiger partial charge is 0.344 e. The van der Waals surface area contributed by atoms with Crippen molar-refractivity contribution in [3.8, 4) is 0 Å². The normalized spacial score (nSPS) is 22.2. The maximum absolute atomic E-state index is 11.8. The molecule has 1 aliphatic rings. The highest BCUT2D eigenvalue weighted by Crippen LogP contribution is 2.22. The molecule has 2 atom stereocenters. The van der Waals surface area contributed by atoms with Crippen molar-refractivity contribution in [2.24, 2.45) is 5.73 Å². The Hall–Kier alpha value is -1.43. The zero-order valence-electron chi connectivity index (χ0n) is 10.3. The van der Waals surface area contributed by atoms with E-state index in [2.05, 4.69) is 17.2 Å². The van der Waals surface area contributed by atoms with Crippen molar-refractivity contribution in [1.82, 2.24) is 19.9 Å². The van der Waals surface area contributed by atoms with Gasteiger partial charge in [0.1, 0.15) is 6.04 Å². The predicted molar refractivity (Wildman–Crippen MR) is 63.1 cm³/mol. The van der Waals surface area contributed by atoms with Crippen molar-refractivity contribution < 1.29 is 4.79 Å². The van der Waals surface area contributed by atoms with Gasteiger partial charge in [0, 0.05) is 13.6 Å². The molecular formula is C11H19N5O. The molecule has 1 aromatic rings. The van der Waals surface area contributed by atoms with Gasteiger partial charge in [-0.05, 0) is 12.8 Å². The molecule has 0 radical (unpaired) electrons. The minimum atomic E-state index is -0.199. The third kappa shape index (κ3) is 2.31. The van der Waals surface area contributed by atoms with E-state index >= 15 is 0 Å². The molecule has 1 fully saturated rings. The summed E-state index contributed by atoms with van der Waals surface area (Å²) in [4.78, 5) is 13.5. The Balaban J connectivity index is 2.11. The zero-order chi connectivity index (χ0) is 12.4. The van der Waals surface area contributed by atoms with E-state index in [1.807, 2.05) is 13.2 Å². The number of rotatable bonds is 4. The number of likely N-dealkylation sites (tertiary alicyclic amines) is 1. The van der Waals surface area contributed by atoms with Gasteiger partial charge in [0.05, 0.1) is 17.9 Å². The van der Waals surface area contributed by atoms with E-state index in [1.54, 1.807) is 9.58 Å². The van der Waals surface area contributed by atoms with Gasteiger partial charge in [-0.25, -0.2) is 4.68 Å². The van der Waals surface area contributed by atoms with E-state index in [0.717, 1.165) is 31.5 Å². The molecule has 17 heavy (non-hydrogen) atoms. The monoisotopic (exact) mass is 237 g/mol. The number of hydrogen-bond acceptors (Lipinski definition) is 4. The Morgan fingerprint density at radius 1 is 1.65 bits per heavy atom. The van der Waals surface area contributed by atoms with E-state index < -0.39 is 0 Å². The number of likely N-dealkylation sites (N-methyl/N-ethyl adjacent to an activating group) is 1. The lowest BCUT2D eigenvalue weighted by atomic mass is 10.1. The number of aromatic nitrogens is 3. The summed E-state index contributed by atoms with van der Waals surface area (Å²) in [6, 6.07) is -0.280. The molecular weight excluding hydrogens is 218 g/mol. The second-order valence-electron chi connectivity index (χ2n) is 4.58. The van der Waals surface area contributed by atoms with Crippen LogP contribution in [0.2, 0.25) is 0 Å². The summed E-state index contributed by atoms with van der Waals surface area (Å²) in [5, 5.41) is 8.08. The van der Waals surface area contributed by atoms with Gasteiger partial charge in [-0.15, -0.1) is 5.10 Å². The molecule has 2 rings (SSSR count). The molecule has 1 aliphatic heterocycles. The average Bonchev–Trinajstić information content (AvgIpc) is 2.88. The van der Waals surface area contributed by atoms with Gasteiger partial charge in [0.25, 0.3) is 0 Å². The van der Waals surface area contributed by atoms with Gasteiger partial charge >= 0.3 is 0 Å². The second kappa shape index (κ2) is 4.83. The Morgan fingerprint density at radius 2 is 2.41 bits per heavy atom. The van der Waals surface area contributed by atoms with Crippen molar-refractivity contribution in [2.45, 2.75) is 38.3 Å². The lowest BCUT2D eigenvalue weighted by Gasteiger charge is -2.09. The average molecular weight is 237 g/mol. The molecule has 0 bridgehead atoms. The van der Waals surface area contributed by atoms with Crippen LogP contribution < -0.4 is 5.73 Å². The second-order valence-corrected chi connectivity index (χ2v) is 4.58. The number of hydrogen-bond donors (Lipinski definition) is 1. The van der Waals surface area contributed by atoms with E-state index in [9.17, 15) is 4.79 Å². The molecule has 1 amide bonds. The van der Waals surface area contributed by atoms with Gasteiger partial charge in [0.15, 0.2) is 0 Å². The number of carbonyl (C=O) groups is 1. The van der Waals surface area contributed by atoms with E-state index in [4.69, 9.17) is 5.73 Å². The first-order valence-electron chi connectivity index (χ1n) is 6.05. The highest BCUT2D eigenvalue weighted by Gasteiger charge is 2.31. The summed E-state index contributed by atoms with van der Waals surface area (Å²) >= 11 is 0. The van der Waals surface area contributed by atoms with Crippen molar-refractivity contribution in [3.63, 3.8) is 0 Å². The molecule has 2 heterocycles. The third-order valence-corrected chi connectivity index (χ3v) is 3.23. The minimum Gasteiger partial charge on any atom is -0.344 e. The van der Waals surface area contributed by atoms with Crippen LogP contribution in [0.25, 0.3) is 0 Å². The van der Waals surface area contributed by atoms with Gasteiger partial charge in [-0.1, -0.05) is 18.6 Å². The number of carbonyl (C=O) groups excluding carboxylic acids is 1. The van der Waals surface area contributed by atoms with Crippen LogP contribution in [-0.4, -0.2) is 39.4 Å². The SMILES string of the molecule is CCCC(N)c1cn(C2CCN(C)C2=O)nn1. The quantitative estimate of drug-likeness (QED) is 0.826. The van der Waals surface area contributed by atoms with Crippen molar-refractivity contribution in [2.75, 3.05) is 13.6 Å². The van der Waals surface area contributed by atoms with Crippen molar-refractivity contribution >= 4 is 5.91 Å². The van der Waals surface area contributed by atoms with E-state index in [-0.39, 0.29) is 18.0 Å². The summed E-state index contributed by atoms with van der Waals surface area (Å²) in [5.74, 6) is 0.102. The highest BCUT2D eigenvalue weighted by molar-refractivity contribution is 5.82. The number of amides is 1. The first-order valence-corrected chi connectivity index (χ1v) is 6.05. The smallest absolute Gasteiger partial charge is 0.247 e.